The van der Waals surface area contributed by atoms with Crippen molar-refractivity contribution in [2.75, 3.05) is 13.1 Å². The van der Waals surface area contributed by atoms with Crippen LogP contribution in [0.1, 0.15) is 18.4 Å². The maximum Gasteiger partial charge on any atom is 0.269 e. The van der Waals surface area contributed by atoms with Gasteiger partial charge in [0, 0.05) is 31.3 Å². The van der Waals surface area contributed by atoms with Gasteiger partial charge in [0.05, 0.1) is 10.7 Å². The van der Waals surface area contributed by atoms with Crippen LogP contribution in [-0.2, 0) is 15.8 Å². The van der Waals surface area contributed by atoms with Crippen LogP contribution in [0.2, 0.25) is 0 Å². The molecule has 7 nitrogen and oxygen atoms in total. The predicted molar refractivity (Wildman–Crippen MR) is 81.5 cm³/mol. The summed E-state index contributed by atoms with van der Waals surface area (Å²) in [7, 11) is -3.40. The Hall–Kier alpha value is -1.51. The molecule has 8 heteroatoms. The number of sulfonamides is 1. The minimum atomic E-state index is -3.40. The van der Waals surface area contributed by atoms with Crippen molar-refractivity contribution in [3.63, 3.8) is 0 Å². The maximum atomic E-state index is 12.5. The van der Waals surface area contributed by atoms with E-state index >= 15 is 0 Å². The van der Waals surface area contributed by atoms with Crippen molar-refractivity contribution in [1.82, 2.24) is 4.31 Å². The Bertz CT molecular complexity index is 674. The molecule has 2 fully saturated rings. The van der Waals surface area contributed by atoms with Crippen LogP contribution in [0.5, 0.6) is 0 Å². The van der Waals surface area contributed by atoms with Crippen LogP contribution >= 0.6 is 0 Å². The molecule has 3 unspecified atom stereocenters. The van der Waals surface area contributed by atoms with Gasteiger partial charge in [0.25, 0.3) is 5.69 Å². The zero-order valence-electron chi connectivity index (χ0n) is 12.1. The molecule has 1 saturated carbocycles. The second-order valence-electron chi connectivity index (χ2n) is 6.16. The zero-order chi connectivity index (χ0) is 15.9. The van der Waals surface area contributed by atoms with Crippen LogP contribution in [0.4, 0.5) is 5.69 Å². The van der Waals surface area contributed by atoms with E-state index in [2.05, 4.69) is 0 Å². The summed E-state index contributed by atoms with van der Waals surface area (Å²) in [5.41, 5.74) is 6.56. The van der Waals surface area contributed by atoms with Crippen LogP contribution in [-0.4, -0.2) is 36.8 Å². The fourth-order valence-corrected chi connectivity index (χ4v) is 5.12. The van der Waals surface area contributed by atoms with E-state index in [1.165, 1.54) is 28.6 Å². The highest BCUT2D eigenvalue weighted by Crippen LogP contribution is 2.38. The van der Waals surface area contributed by atoms with Crippen molar-refractivity contribution in [1.29, 1.82) is 0 Å². The molecule has 2 aliphatic rings. The molecule has 22 heavy (non-hydrogen) atoms. The molecule has 3 rings (SSSR count). The first-order valence-corrected chi connectivity index (χ1v) is 8.94. The number of rotatable bonds is 4. The van der Waals surface area contributed by atoms with E-state index < -0.39 is 14.9 Å². The third-order valence-corrected chi connectivity index (χ3v) is 6.55. The van der Waals surface area contributed by atoms with Gasteiger partial charge in [-0.25, -0.2) is 12.7 Å². The van der Waals surface area contributed by atoms with Crippen LogP contribution in [0, 0.1) is 22.0 Å². The Kier molecular flexibility index (Phi) is 3.92. The summed E-state index contributed by atoms with van der Waals surface area (Å²) in [6.07, 6.45) is 1.97. The van der Waals surface area contributed by atoms with Gasteiger partial charge in [0.1, 0.15) is 0 Å². The molecular weight excluding hydrogens is 306 g/mol. The molecule has 1 aromatic carbocycles. The van der Waals surface area contributed by atoms with E-state index in [4.69, 9.17) is 5.73 Å². The Labute approximate surface area is 129 Å². The summed E-state index contributed by atoms with van der Waals surface area (Å²) in [5, 5.41) is 10.6. The van der Waals surface area contributed by atoms with Crippen molar-refractivity contribution in [2.45, 2.75) is 24.6 Å². The normalized spacial score (nSPS) is 28.7. The second-order valence-corrected chi connectivity index (χ2v) is 8.13. The maximum absolute atomic E-state index is 12.5. The Morgan fingerprint density at radius 3 is 2.50 bits per heavy atom. The van der Waals surface area contributed by atoms with Crippen molar-refractivity contribution in [3.8, 4) is 0 Å². The number of hydrogen-bond acceptors (Lipinski definition) is 5. The molecular formula is C14H19N3O4S. The summed E-state index contributed by atoms with van der Waals surface area (Å²) < 4.78 is 26.6. The second kappa shape index (κ2) is 5.60. The van der Waals surface area contributed by atoms with Crippen molar-refractivity contribution >= 4 is 15.7 Å². The van der Waals surface area contributed by atoms with Gasteiger partial charge in [-0.05, 0) is 30.2 Å². The lowest BCUT2D eigenvalue weighted by molar-refractivity contribution is -0.384. The van der Waals surface area contributed by atoms with E-state index in [0.717, 1.165) is 12.8 Å². The quantitative estimate of drug-likeness (QED) is 0.659. The molecule has 1 aliphatic heterocycles. The van der Waals surface area contributed by atoms with E-state index in [1.807, 2.05) is 0 Å². The van der Waals surface area contributed by atoms with Gasteiger partial charge in [0.2, 0.25) is 10.0 Å². The topological polar surface area (TPSA) is 107 Å². The molecule has 0 amide bonds. The lowest BCUT2D eigenvalue weighted by Gasteiger charge is -2.18. The minimum Gasteiger partial charge on any atom is -0.327 e. The number of nitrogens with zero attached hydrogens (tertiary/aromatic N) is 2. The summed E-state index contributed by atoms with van der Waals surface area (Å²) in [4.78, 5) is 10.1. The number of nitrogens with two attached hydrogens (primary N) is 1. The molecule has 0 spiro atoms. The van der Waals surface area contributed by atoms with Crippen LogP contribution in [0.3, 0.4) is 0 Å². The van der Waals surface area contributed by atoms with E-state index in [9.17, 15) is 18.5 Å². The van der Waals surface area contributed by atoms with Gasteiger partial charge in [-0.3, -0.25) is 10.1 Å². The van der Waals surface area contributed by atoms with Gasteiger partial charge in [-0.2, -0.15) is 0 Å². The standard InChI is InChI=1S/C14H19N3O4S/c15-14-6-3-11-7-16(8-13(11)14)22(20,21)9-10-1-4-12(5-2-10)17(18)19/h1-2,4-5,11,13-14H,3,6-9,15H2. The molecule has 0 aromatic heterocycles. The van der Waals surface area contributed by atoms with Crippen molar-refractivity contribution < 1.29 is 13.3 Å². The monoisotopic (exact) mass is 325 g/mol. The summed E-state index contributed by atoms with van der Waals surface area (Å²) in [6, 6.07) is 5.76. The van der Waals surface area contributed by atoms with Gasteiger partial charge in [0.15, 0.2) is 0 Å². The first-order chi connectivity index (χ1) is 10.4. The molecule has 1 aromatic rings. The lowest BCUT2D eigenvalue weighted by atomic mass is 9.98. The largest absolute Gasteiger partial charge is 0.327 e. The average molecular weight is 325 g/mol. The zero-order valence-corrected chi connectivity index (χ0v) is 12.9. The van der Waals surface area contributed by atoms with Crippen LogP contribution in [0.25, 0.3) is 0 Å². The molecule has 0 bridgehead atoms. The first kappa shape index (κ1) is 15.4. The molecule has 1 aliphatic carbocycles. The van der Waals surface area contributed by atoms with E-state index in [-0.39, 0.29) is 23.4 Å². The van der Waals surface area contributed by atoms with Crippen LogP contribution < -0.4 is 5.73 Å². The number of benzene rings is 1. The third kappa shape index (κ3) is 2.86. The Balaban J connectivity index is 1.70. The predicted octanol–water partition coefficient (Wildman–Crippen LogP) is 1.09. The van der Waals surface area contributed by atoms with Crippen LogP contribution in [0.15, 0.2) is 24.3 Å². The molecule has 120 valence electrons. The lowest BCUT2D eigenvalue weighted by Crippen LogP contribution is -2.34. The van der Waals surface area contributed by atoms with Gasteiger partial charge in [-0.15, -0.1) is 0 Å². The number of hydrogen-bond donors (Lipinski definition) is 1. The number of nitro groups is 1. The fraction of sp³-hybridized carbons (Fsp3) is 0.571. The van der Waals surface area contributed by atoms with Gasteiger partial charge >= 0.3 is 0 Å². The van der Waals surface area contributed by atoms with Crippen molar-refractivity contribution in [3.05, 3.63) is 39.9 Å². The van der Waals surface area contributed by atoms with E-state index in [1.54, 1.807) is 0 Å². The summed E-state index contributed by atoms with van der Waals surface area (Å²) in [5.74, 6) is 0.521. The number of non-ortho nitro benzene ring substituents is 1. The minimum absolute atomic E-state index is 0.0390. The molecule has 2 N–H and O–H groups in total. The average Bonchev–Trinajstić information content (AvgIpc) is 3.02. The number of nitro benzene ring substituents is 1. The Morgan fingerprint density at radius 2 is 1.91 bits per heavy atom. The Morgan fingerprint density at radius 1 is 1.23 bits per heavy atom. The van der Waals surface area contributed by atoms with Crippen molar-refractivity contribution in [2.24, 2.45) is 17.6 Å². The molecule has 3 atom stereocenters. The molecule has 1 heterocycles. The highest BCUT2D eigenvalue weighted by atomic mass is 32.2. The van der Waals surface area contributed by atoms with Gasteiger partial charge < -0.3 is 5.73 Å². The third-order valence-electron chi connectivity index (χ3n) is 4.77. The highest BCUT2D eigenvalue weighted by molar-refractivity contribution is 7.88. The van der Waals surface area contributed by atoms with Gasteiger partial charge in [-0.1, -0.05) is 12.1 Å². The molecule has 1 saturated heterocycles. The fourth-order valence-electron chi connectivity index (χ4n) is 3.51. The summed E-state index contributed by atoms with van der Waals surface area (Å²) >= 11 is 0. The highest BCUT2D eigenvalue weighted by Gasteiger charge is 2.44. The summed E-state index contributed by atoms with van der Waals surface area (Å²) in [6.45, 7) is 1.05. The van der Waals surface area contributed by atoms with E-state index in [0.29, 0.717) is 24.6 Å². The molecule has 0 radical (unpaired) electrons. The first-order valence-electron chi connectivity index (χ1n) is 7.33. The SMILES string of the molecule is NC1CCC2CN(S(=O)(=O)Cc3ccc([N+](=O)[O-])cc3)CC12. The number of fused-ring (bicyclic) bond motifs is 1. The smallest absolute Gasteiger partial charge is 0.269 e.